The van der Waals surface area contributed by atoms with E-state index in [1.165, 1.54) is 7.11 Å². The molecule has 0 spiro atoms. The quantitative estimate of drug-likeness (QED) is 0.853. The number of hydrogen-bond acceptors (Lipinski definition) is 5. The highest BCUT2D eigenvalue weighted by molar-refractivity contribution is 5.97. The molecule has 0 radical (unpaired) electrons. The molecule has 2 aromatic rings. The van der Waals surface area contributed by atoms with E-state index in [1.807, 2.05) is 30.3 Å². The number of hydrogen-bond donors (Lipinski definition) is 1. The number of para-hydroxylation sites is 1. The van der Waals surface area contributed by atoms with Crippen molar-refractivity contribution in [3.8, 4) is 6.07 Å². The number of methoxy groups -OCH3 is 1. The predicted octanol–water partition coefficient (Wildman–Crippen LogP) is 2.06. The molecular weight excluding hydrogens is 294 g/mol. The number of benzene rings is 1. The molecule has 0 bridgehead atoms. The molecule has 6 nitrogen and oxygen atoms in total. The number of pyridine rings is 1. The first-order valence-electron chi connectivity index (χ1n) is 7.19. The zero-order valence-electron chi connectivity index (χ0n) is 12.9. The highest BCUT2D eigenvalue weighted by Gasteiger charge is 2.24. The van der Waals surface area contributed by atoms with Gasteiger partial charge in [0.25, 0.3) is 5.91 Å². The van der Waals surface area contributed by atoms with E-state index in [0.29, 0.717) is 5.52 Å². The average molecular weight is 311 g/mol. The van der Waals surface area contributed by atoms with Gasteiger partial charge in [-0.1, -0.05) is 24.3 Å². The Morgan fingerprint density at radius 2 is 2.04 bits per heavy atom. The maximum Gasteiger partial charge on any atom is 0.328 e. The molecule has 0 fully saturated rings. The smallest absolute Gasteiger partial charge is 0.328 e. The van der Waals surface area contributed by atoms with Crippen LogP contribution in [0.5, 0.6) is 0 Å². The van der Waals surface area contributed by atoms with Gasteiger partial charge in [-0.05, 0) is 25.5 Å². The maximum absolute atomic E-state index is 12.3. The minimum atomic E-state index is -0.879. The first-order valence-corrected chi connectivity index (χ1v) is 7.19. The van der Waals surface area contributed by atoms with Crippen LogP contribution in [-0.4, -0.2) is 30.0 Å². The number of ether oxygens (including phenoxy) is 1. The Labute approximate surface area is 134 Å². The lowest BCUT2D eigenvalue weighted by Gasteiger charge is -2.17. The van der Waals surface area contributed by atoms with E-state index in [-0.39, 0.29) is 18.0 Å². The Hall–Kier alpha value is -2.94. The number of fused-ring (bicyclic) bond motifs is 1. The molecule has 1 heterocycles. The van der Waals surface area contributed by atoms with Crippen molar-refractivity contribution < 1.29 is 14.3 Å². The van der Waals surface area contributed by atoms with E-state index in [9.17, 15) is 9.59 Å². The van der Waals surface area contributed by atoms with Crippen molar-refractivity contribution in [2.24, 2.45) is 5.92 Å². The van der Waals surface area contributed by atoms with Gasteiger partial charge in [0.15, 0.2) is 0 Å². The lowest BCUT2D eigenvalue weighted by atomic mass is 10.0. The Kier molecular flexibility index (Phi) is 5.26. The molecule has 2 rings (SSSR count). The third-order valence-corrected chi connectivity index (χ3v) is 3.43. The Morgan fingerprint density at radius 3 is 2.74 bits per heavy atom. The highest BCUT2D eigenvalue weighted by atomic mass is 16.5. The summed E-state index contributed by atoms with van der Waals surface area (Å²) < 4.78 is 4.68. The van der Waals surface area contributed by atoms with Crippen molar-refractivity contribution in [3.05, 3.63) is 42.1 Å². The maximum atomic E-state index is 12.3. The second-order valence-electron chi connectivity index (χ2n) is 5.20. The van der Waals surface area contributed by atoms with Crippen molar-refractivity contribution in [2.75, 3.05) is 7.11 Å². The largest absolute Gasteiger partial charge is 0.467 e. The monoisotopic (exact) mass is 311 g/mol. The van der Waals surface area contributed by atoms with Crippen molar-refractivity contribution >= 4 is 22.8 Å². The van der Waals surface area contributed by atoms with Crippen LogP contribution in [0.1, 0.15) is 23.8 Å². The molecule has 0 saturated carbocycles. The van der Waals surface area contributed by atoms with Crippen LogP contribution in [0.2, 0.25) is 0 Å². The van der Waals surface area contributed by atoms with Crippen LogP contribution in [0, 0.1) is 17.2 Å². The summed E-state index contributed by atoms with van der Waals surface area (Å²) in [5.41, 5.74) is 0.905. The van der Waals surface area contributed by atoms with Crippen LogP contribution in [-0.2, 0) is 9.53 Å². The molecule has 118 valence electrons. The zero-order valence-corrected chi connectivity index (χ0v) is 12.9. The number of nitriles is 1. The molecule has 2 atom stereocenters. The normalized spacial score (nSPS) is 12.9. The molecule has 1 aromatic carbocycles. The molecular formula is C17H17N3O3. The molecule has 0 aliphatic carbocycles. The molecule has 1 N–H and O–H groups in total. The minimum Gasteiger partial charge on any atom is -0.467 e. The van der Waals surface area contributed by atoms with Gasteiger partial charge in [0.2, 0.25) is 0 Å². The van der Waals surface area contributed by atoms with E-state index in [1.54, 1.807) is 19.1 Å². The number of rotatable bonds is 5. The summed E-state index contributed by atoms with van der Waals surface area (Å²) in [4.78, 5) is 28.4. The predicted molar refractivity (Wildman–Crippen MR) is 84.4 cm³/mol. The summed E-state index contributed by atoms with van der Waals surface area (Å²) in [5, 5.41) is 12.4. The van der Waals surface area contributed by atoms with Crippen molar-refractivity contribution in [2.45, 2.75) is 19.4 Å². The van der Waals surface area contributed by atoms with Crippen LogP contribution in [0.3, 0.4) is 0 Å². The fraction of sp³-hybridized carbons (Fsp3) is 0.294. The number of amides is 1. The average Bonchev–Trinajstić information content (AvgIpc) is 2.59. The highest BCUT2D eigenvalue weighted by Crippen LogP contribution is 2.13. The summed E-state index contributed by atoms with van der Waals surface area (Å²) >= 11 is 0. The van der Waals surface area contributed by atoms with E-state index in [0.717, 1.165) is 5.39 Å². The van der Waals surface area contributed by atoms with Crippen molar-refractivity contribution in [1.29, 1.82) is 5.26 Å². The molecule has 6 heteroatoms. The fourth-order valence-electron chi connectivity index (χ4n) is 2.19. The summed E-state index contributed by atoms with van der Waals surface area (Å²) in [6.07, 6.45) is 0.183. The number of aromatic nitrogens is 1. The first kappa shape index (κ1) is 16.4. The summed E-state index contributed by atoms with van der Waals surface area (Å²) in [6.45, 7) is 1.68. The third kappa shape index (κ3) is 4.04. The van der Waals surface area contributed by atoms with Crippen molar-refractivity contribution in [3.63, 3.8) is 0 Å². The third-order valence-electron chi connectivity index (χ3n) is 3.43. The van der Waals surface area contributed by atoms with Crippen LogP contribution in [0.15, 0.2) is 36.4 Å². The summed E-state index contributed by atoms with van der Waals surface area (Å²) in [7, 11) is 1.24. The molecule has 0 aliphatic heterocycles. The van der Waals surface area contributed by atoms with Crippen LogP contribution < -0.4 is 5.32 Å². The second-order valence-corrected chi connectivity index (χ2v) is 5.20. The van der Waals surface area contributed by atoms with Gasteiger partial charge in [-0.2, -0.15) is 5.26 Å². The minimum absolute atomic E-state index is 0.183. The number of nitrogens with one attached hydrogen (secondary N) is 1. The van der Waals surface area contributed by atoms with Gasteiger partial charge in [-0.15, -0.1) is 0 Å². The summed E-state index contributed by atoms with van der Waals surface area (Å²) in [5.74, 6) is -1.44. The van der Waals surface area contributed by atoms with E-state index in [4.69, 9.17) is 5.26 Å². The molecule has 23 heavy (non-hydrogen) atoms. The van der Waals surface area contributed by atoms with E-state index in [2.05, 4.69) is 15.0 Å². The Bertz CT molecular complexity index is 767. The van der Waals surface area contributed by atoms with Gasteiger partial charge in [0, 0.05) is 11.3 Å². The van der Waals surface area contributed by atoms with Crippen molar-refractivity contribution in [1.82, 2.24) is 10.3 Å². The van der Waals surface area contributed by atoms with Crippen LogP contribution in [0.25, 0.3) is 10.9 Å². The van der Waals surface area contributed by atoms with Gasteiger partial charge >= 0.3 is 5.97 Å². The lowest BCUT2D eigenvalue weighted by Crippen LogP contribution is -2.42. The first-order chi connectivity index (χ1) is 11.0. The number of esters is 1. The standard InChI is InChI=1S/C17H17N3O3/c1-11(10-18)9-15(17(22)23-2)20-16(21)14-8-7-12-5-3-4-6-13(12)19-14/h3-8,11,15H,9H2,1-2H3,(H,20,21)/t11-,15-/m1/s1. The van der Waals surface area contributed by atoms with Gasteiger partial charge < -0.3 is 10.1 Å². The summed E-state index contributed by atoms with van der Waals surface area (Å²) in [6, 6.07) is 12.0. The van der Waals surface area contributed by atoms with E-state index >= 15 is 0 Å². The van der Waals surface area contributed by atoms with Gasteiger partial charge in [0.1, 0.15) is 11.7 Å². The van der Waals surface area contributed by atoms with Gasteiger partial charge in [-0.3, -0.25) is 4.79 Å². The second kappa shape index (κ2) is 7.36. The number of carbonyl (C=O) groups excluding carboxylic acids is 2. The topological polar surface area (TPSA) is 92.1 Å². The number of carbonyl (C=O) groups is 2. The van der Waals surface area contributed by atoms with Crippen LogP contribution >= 0.6 is 0 Å². The fourth-order valence-corrected chi connectivity index (χ4v) is 2.19. The van der Waals surface area contributed by atoms with Gasteiger partial charge in [0.05, 0.1) is 18.7 Å². The molecule has 1 amide bonds. The SMILES string of the molecule is COC(=O)[C@@H](C[C@@H](C)C#N)NC(=O)c1ccc2ccccc2n1. The lowest BCUT2D eigenvalue weighted by molar-refractivity contribution is -0.143. The molecule has 1 aromatic heterocycles. The Morgan fingerprint density at radius 1 is 1.30 bits per heavy atom. The molecule has 0 unspecified atom stereocenters. The van der Waals surface area contributed by atoms with E-state index < -0.39 is 17.9 Å². The zero-order chi connectivity index (χ0) is 16.8. The molecule has 0 saturated heterocycles. The Balaban J connectivity index is 2.19. The number of nitrogens with zero attached hydrogens (tertiary/aromatic N) is 2. The van der Waals surface area contributed by atoms with Crippen LogP contribution in [0.4, 0.5) is 0 Å². The van der Waals surface area contributed by atoms with Gasteiger partial charge in [-0.25, -0.2) is 9.78 Å². The molecule has 0 aliphatic rings.